The second-order valence-electron chi connectivity index (χ2n) is 3.65. The molecule has 0 saturated carbocycles. The smallest absolute Gasteiger partial charge is 0.306 e. The molecule has 1 aromatic heterocycles. The Morgan fingerprint density at radius 3 is 2.78 bits per heavy atom. The predicted octanol–water partition coefficient (Wildman–Crippen LogP) is 2.18. The minimum Gasteiger partial charge on any atom is -0.306 e. The molecule has 1 N–H and O–H groups in total. The van der Waals surface area contributed by atoms with Gasteiger partial charge in [0, 0.05) is 5.69 Å². The van der Waals surface area contributed by atoms with Gasteiger partial charge in [-0.3, -0.25) is 10.1 Å². The van der Waals surface area contributed by atoms with Crippen molar-refractivity contribution in [1.82, 2.24) is 9.78 Å². The first-order valence-corrected chi connectivity index (χ1v) is 5.14. The van der Waals surface area contributed by atoms with E-state index in [1.165, 1.54) is 0 Å². The molecule has 0 radical (unpaired) electrons. The average Bonchev–Trinajstić information content (AvgIpc) is 2.81. The van der Waals surface area contributed by atoms with E-state index in [-0.39, 0.29) is 5.69 Å². The van der Waals surface area contributed by atoms with E-state index in [1.807, 2.05) is 19.1 Å². The van der Waals surface area contributed by atoms with Crippen LogP contribution < -0.4 is 5.32 Å². The maximum atomic E-state index is 11.8. The molecule has 1 heterocycles. The highest BCUT2D eigenvalue weighted by Gasteiger charge is 2.13. The van der Waals surface area contributed by atoms with Crippen molar-refractivity contribution in [2.24, 2.45) is 0 Å². The number of benzene rings is 1. The molecule has 0 spiro atoms. The summed E-state index contributed by atoms with van der Waals surface area (Å²) >= 11 is 0. The summed E-state index contributed by atoms with van der Waals surface area (Å²) in [5.74, 6) is 0. The number of para-hydroxylation sites is 1. The lowest BCUT2D eigenvalue weighted by molar-refractivity contribution is -0.384. The molecule has 0 aliphatic rings. The number of hydrogen-bond donors (Lipinski definition) is 1. The lowest BCUT2D eigenvalue weighted by Gasteiger charge is -2.06. The molecule has 0 saturated heterocycles. The number of hydrogen-bond acceptors (Lipinski definition) is 4. The van der Waals surface area contributed by atoms with Crippen LogP contribution in [0.5, 0.6) is 0 Å². The van der Waals surface area contributed by atoms with Crippen LogP contribution in [0.15, 0.2) is 36.7 Å². The zero-order chi connectivity index (χ0) is 13.1. The van der Waals surface area contributed by atoms with Crippen LogP contribution in [0.4, 0.5) is 16.2 Å². The second-order valence-corrected chi connectivity index (χ2v) is 3.65. The van der Waals surface area contributed by atoms with Crippen molar-refractivity contribution in [3.05, 3.63) is 52.3 Å². The molecule has 18 heavy (non-hydrogen) atoms. The highest BCUT2D eigenvalue weighted by Crippen LogP contribution is 2.14. The van der Waals surface area contributed by atoms with Crippen molar-refractivity contribution in [2.45, 2.75) is 6.92 Å². The van der Waals surface area contributed by atoms with Crippen LogP contribution in [-0.4, -0.2) is 20.7 Å². The minimum absolute atomic E-state index is 0.227. The van der Waals surface area contributed by atoms with Crippen LogP contribution in [0, 0.1) is 17.0 Å². The first kappa shape index (κ1) is 11.8. The highest BCUT2D eigenvalue weighted by molar-refractivity contribution is 5.91. The van der Waals surface area contributed by atoms with E-state index in [0.29, 0.717) is 5.69 Å². The van der Waals surface area contributed by atoms with Crippen LogP contribution in [0.1, 0.15) is 5.56 Å². The molecule has 0 aliphatic carbocycles. The summed E-state index contributed by atoms with van der Waals surface area (Å²) < 4.78 is 0.893. The zero-order valence-electron chi connectivity index (χ0n) is 9.53. The van der Waals surface area contributed by atoms with E-state index in [1.54, 1.807) is 12.1 Å². The summed E-state index contributed by atoms with van der Waals surface area (Å²) in [6.07, 6.45) is 2.09. The number of carbonyl (C=O) groups is 1. The molecule has 0 bridgehead atoms. The maximum Gasteiger partial charge on any atom is 0.346 e. The van der Waals surface area contributed by atoms with Crippen molar-refractivity contribution >= 4 is 17.4 Å². The number of nitrogens with one attached hydrogen (secondary N) is 1. The van der Waals surface area contributed by atoms with Gasteiger partial charge in [-0.15, -0.1) is 0 Å². The van der Waals surface area contributed by atoms with E-state index in [9.17, 15) is 14.9 Å². The van der Waals surface area contributed by atoms with E-state index in [0.717, 1.165) is 22.6 Å². The number of aryl methyl sites for hydroxylation is 1. The Kier molecular flexibility index (Phi) is 3.05. The van der Waals surface area contributed by atoms with Crippen molar-refractivity contribution in [2.75, 3.05) is 5.32 Å². The second kappa shape index (κ2) is 4.66. The molecule has 1 amide bonds. The number of carbonyl (C=O) groups excluding carboxylic acids is 1. The maximum absolute atomic E-state index is 11.8. The molecule has 1 aromatic carbocycles. The summed E-state index contributed by atoms with van der Waals surface area (Å²) in [4.78, 5) is 21.6. The molecule has 0 fully saturated rings. The summed E-state index contributed by atoms with van der Waals surface area (Å²) in [5.41, 5.74) is 1.31. The molecule has 7 nitrogen and oxygen atoms in total. The van der Waals surface area contributed by atoms with Gasteiger partial charge >= 0.3 is 11.7 Å². The van der Waals surface area contributed by atoms with Gasteiger partial charge < -0.3 is 5.32 Å². The number of nitro groups is 1. The van der Waals surface area contributed by atoms with Gasteiger partial charge in [-0.25, -0.2) is 4.79 Å². The Balaban J connectivity index is 2.17. The fourth-order valence-corrected chi connectivity index (χ4v) is 1.40. The third-order valence-electron chi connectivity index (χ3n) is 2.37. The van der Waals surface area contributed by atoms with Gasteiger partial charge in [-0.05, 0) is 18.6 Å². The quantitative estimate of drug-likeness (QED) is 0.649. The monoisotopic (exact) mass is 246 g/mol. The SMILES string of the molecule is Cc1ccccc1NC(=O)n1cc([N+](=O)[O-])cn1. The highest BCUT2D eigenvalue weighted by atomic mass is 16.6. The van der Waals surface area contributed by atoms with Crippen LogP contribution in [0.3, 0.4) is 0 Å². The molecule has 0 atom stereocenters. The molecule has 92 valence electrons. The van der Waals surface area contributed by atoms with Gasteiger partial charge in [0.2, 0.25) is 0 Å². The van der Waals surface area contributed by atoms with Gasteiger partial charge in [-0.1, -0.05) is 18.2 Å². The third-order valence-corrected chi connectivity index (χ3v) is 2.37. The lowest BCUT2D eigenvalue weighted by atomic mass is 10.2. The summed E-state index contributed by atoms with van der Waals surface area (Å²) in [6.45, 7) is 1.85. The molecule has 2 rings (SSSR count). The fraction of sp³-hybridized carbons (Fsp3) is 0.0909. The summed E-state index contributed by atoms with van der Waals surface area (Å²) in [6, 6.07) is 6.68. The number of amides is 1. The first-order valence-electron chi connectivity index (χ1n) is 5.14. The topological polar surface area (TPSA) is 90.1 Å². The molecule has 2 aromatic rings. The number of rotatable bonds is 2. The Morgan fingerprint density at radius 2 is 2.17 bits per heavy atom. The Labute approximate surface area is 102 Å². The van der Waals surface area contributed by atoms with Crippen LogP contribution in [-0.2, 0) is 0 Å². The summed E-state index contributed by atoms with van der Waals surface area (Å²) in [7, 11) is 0. The molecule has 7 heteroatoms. The van der Waals surface area contributed by atoms with Crippen LogP contribution in [0.25, 0.3) is 0 Å². The van der Waals surface area contributed by atoms with E-state index < -0.39 is 11.0 Å². The Hall–Kier alpha value is -2.70. The Morgan fingerprint density at radius 1 is 1.44 bits per heavy atom. The van der Waals surface area contributed by atoms with Gasteiger partial charge in [-0.2, -0.15) is 9.78 Å². The van der Waals surface area contributed by atoms with Gasteiger partial charge in [0.15, 0.2) is 0 Å². The third kappa shape index (κ3) is 2.34. The van der Waals surface area contributed by atoms with Crippen molar-refractivity contribution < 1.29 is 9.72 Å². The number of aromatic nitrogens is 2. The molecular formula is C11H10N4O3. The largest absolute Gasteiger partial charge is 0.346 e. The van der Waals surface area contributed by atoms with Gasteiger partial charge in [0.1, 0.15) is 12.4 Å². The van der Waals surface area contributed by atoms with Crippen molar-refractivity contribution in [1.29, 1.82) is 0 Å². The average molecular weight is 246 g/mol. The van der Waals surface area contributed by atoms with E-state index in [2.05, 4.69) is 10.4 Å². The molecular weight excluding hydrogens is 236 g/mol. The number of anilines is 1. The lowest BCUT2D eigenvalue weighted by Crippen LogP contribution is -2.20. The van der Waals surface area contributed by atoms with Gasteiger partial charge in [0.05, 0.1) is 4.92 Å². The fourth-order valence-electron chi connectivity index (χ4n) is 1.40. The molecule has 0 unspecified atom stereocenters. The Bertz CT molecular complexity index is 606. The normalized spacial score (nSPS) is 10.1. The minimum atomic E-state index is -0.607. The predicted molar refractivity (Wildman–Crippen MR) is 64.5 cm³/mol. The van der Waals surface area contributed by atoms with Crippen molar-refractivity contribution in [3.8, 4) is 0 Å². The molecule has 0 aliphatic heterocycles. The standard InChI is InChI=1S/C11H10N4O3/c1-8-4-2-3-5-10(8)13-11(16)14-7-9(6-12-14)15(17)18/h2-7H,1H3,(H,13,16). The van der Waals surface area contributed by atoms with Crippen LogP contribution in [0.2, 0.25) is 0 Å². The van der Waals surface area contributed by atoms with Crippen LogP contribution >= 0.6 is 0 Å². The van der Waals surface area contributed by atoms with Gasteiger partial charge in [0.25, 0.3) is 0 Å². The summed E-state index contributed by atoms with van der Waals surface area (Å²) in [5, 5.41) is 16.7. The van der Waals surface area contributed by atoms with E-state index >= 15 is 0 Å². The van der Waals surface area contributed by atoms with Crippen molar-refractivity contribution in [3.63, 3.8) is 0 Å². The number of nitrogens with zero attached hydrogens (tertiary/aromatic N) is 3. The first-order chi connectivity index (χ1) is 8.58. The zero-order valence-corrected chi connectivity index (χ0v) is 9.53. The van der Waals surface area contributed by atoms with E-state index in [4.69, 9.17) is 0 Å².